The van der Waals surface area contributed by atoms with Crippen molar-refractivity contribution in [3.8, 4) is 5.75 Å². The van der Waals surface area contributed by atoms with Crippen LogP contribution < -0.4 is 10.1 Å². The van der Waals surface area contributed by atoms with Crippen LogP contribution in [0.15, 0.2) is 24.3 Å². The quantitative estimate of drug-likeness (QED) is 0.887. The maximum absolute atomic E-state index is 6.02. The second-order valence-electron chi connectivity index (χ2n) is 4.56. The Morgan fingerprint density at radius 3 is 2.42 bits per heavy atom. The maximum atomic E-state index is 6.02. The zero-order chi connectivity index (χ0) is 13.8. The van der Waals surface area contributed by atoms with E-state index in [0.29, 0.717) is 6.61 Å². The van der Waals surface area contributed by atoms with Crippen LogP contribution in [0.25, 0.3) is 0 Å². The van der Waals surface area contributed by atoms with E-state index < -0.39 is 0 Å². The predicted molar refractivity (Wildman–Crippen MR) is 82.3 cm³/mol. The molecule has 0 spiro atoms. The Hall–Kier alpha value is -1.03. The third-order valence-corrected chi connectivity index (χ3v) is 4.13. The Morgan fingerprint density at radius 2 is 1.79 bits per heavy atom. The van der Waals surface area contributed by atoms with Gasteiger partial charge in [0.05, 0.1) is 0 Å². The molecule has 2 nitrogen and oxygen atoms in total. The standard InChI is InChI=1S/C15H18ClNOS/c1-10-6-12(16)7-11(2)15(10)18-9-14-5-4-13(19-14)8-17-3/h4-7,17H,8-9H2,1-3H3. The molecule has 1 N–H and O–H groups in total. The van der Waals surface area contributed by atoms with Crippen molar-refractivity contribution in [2.24, 2.45) is 0 Å². The molecule has 1 aromatic carbocycles. The van der Waals surface area contributed by atoms with Crippen LogP contribution in [0.5, 0.6) is 5.75 Å². The van der Waals surface area contributed by atoms with Gasteiger partial charge in [0, 0.05) is 21.3 Å². The summed E-state index contributed by atoms with van der Waals surface area (Å²) in [4.78, 5) is 2.56. The fraction of sp³-hybridized carbons (Fsp3) is 0.333. The summed E-state index contributed by atoms with van der Waals surface area (Å²) >= 11 is 7.80. The molecule has 4 heteroatoms. The molecule has 102 valence electrons. The van der Waals surface area contributed by atoms with Crippen LogP contribution in [0.1, 0.15) is 20.9 Å². The van der Waals surface area contributed by atoms with Gasteiger partial charge in [-0.05, 0) is 56.3 Å². The number of rotatable bonds is 5. The van der Waals surface area contributed by atoms with E-state index in [1.807, 2.05) is 33.0 Å². The Bertz CT molecular complexity index is 542. The molecule has 2 rings (SSSR count). The SMILES string of the molecule is CNCc1ccc(COc2c(C)cc(Cl)cc2C)s1. The lowest BCUT2D eigenvalue weighted by molar-refractivity contribution is 0.305. The number of benzene rings is 1. The van der Waals surface area contributed by atoms with E-state index in [-0.39, 0.29) is 0 Å². The van der Waals surface area contributed by atoms with Crippen LogP contribution in [0, 0.1) is 13.8 Å². The smallest absolute Gasteiger partial charge is 0.125 e. The Labute approximate surface area is 123 Å². The molecule has 1 aromatic heterocycles. The summed E-state index contributed by atoms with van der Waals surface area (Å²) in [6.45, 7) is 5.56. The van der Waals surface area contributed by atoms with Gasteiger partial charge >= 0.3 is 0 Å². The third-order valence-electron chi connectivity index (χ3n) is 2.85. The number of nitrogens with one attached hydrogen (secondary N) is 1. The van der Waals surface area contributed by atoms with Gasteiger partial charge in [0.15, 0.2) is 0 Å². The molecular weight excluding hydrogens is 278 g/mol. The summed E-state index contributed by atoms with van der Waals surface area (Å²) in [7, 11) is 1.95. The number of hydrogen-bond donors (Lipinski definition) is 1. The lowest BCUT2D eigenvalue weighted by atomic mass is 10.1. The Kier molecular flexibility index (Phi) is 4.86. The minimum Gasteiger partial charge on any atom is -0.488 e. The van der Waals surface area contributed by atoms with Gasteiger partial charge < -0.3 is 10.1 Å². The van der Waals surface area contributed by atoms with E-state index in [0.717, 1.165) is 28.4 Å². The predicted octanol–water partition coefficient (Wildman–Crippen LogP) is 4.32. The van der Waals surface area contributed by atoms with Crippen LogP contribution in [-0.2, 0) is 13.2 Å². The van der Waals surface area contributed by atoms with Crippen LogP contribution in [0.2, 0.25) is 5.02 Å². The molecule has 2 aromatic rings. The molecule has 0 aliphatic rings. The van der Waals surface area contributed by atoms with Crippen molar-refractivity contribution < 1.29 is 4.74 Å². The summed E-state index contributed by atoms with van der Waals surface area (Å²) in [5.41, 5.74) is 2.16. The highest BCUT2D eigenvalue weighted by atomic mass is 35.5. The van der Waals surface area contributed by atoms with E-state index in [1.165, 1.54) is 9.75 Å². The largest absolute Gasteiger partial charge is 0.488 e. The van der Waals surface area contributed by atoms with Crippen LogP contribution >= 0.6 is 22.9 Å². The van der Waals surface area contributed by atoms with Crippen molar-refractivity contribution >= 4 is 22.9 Å². The normalized spacial score (nSPS) is 10.7. The minimum atomic E-state index is 0.609. The molecule has 0 fully saturated rings. The van der Waals surface area contributed by atoms with Crippen molar-refractivity contribution in [3.05, 3.63) is 50.2 Å². The lowest BCUT2D eigenvalue weighted by Crippen LogP contribution is -2.02. The van der Waals surface area contributed by atoms with Gasteiger partial charge in [0.2, 0.25) is 0 Å². The highest BCUT2D eigenvalue weighted by Gasteiger charge is 2.07. The number of ether oxygens (including phenoxy) is 1. The molecule has 0 saturated heterocycles. The average Bonchev–Trinajstić information content (AvgIpc) is 2.76. The van der Waals surface area contributed by atoms with Crippen LogP contribution in [0.4, 0.5) is 0 Å². The average molecular weight is 296 g/mol. The summed E-state index contributed by atoms with van der Waals surface area (Å²) in [5.74, 6) is 0.938. The third kappa shape index (κ3) is 3.72. The van der Waals surface area contributed by atoms with Gasteiger partial charge in [-0.25, -0.2) is 0 Å². The van der Waals surface area contributed by atoms with Crippen molar-refractivity contribution in [3.63, 3.8) is 0 Å². The molecule has 0 saturated carbocycles. The van der Waals surface area contributed by atoms with Crippen molar-refractivity contribution in [2.75, 3.05) is 7.05 Å². The van der Waals surface area contributed by atoms with E-state index in [1.54, 1.807) is 11.3 Å². The first-order valence-corrected chi connectivity index (χ1v) is 7.41. The van der Waals surface area contributed by atoms with E-state index in [4.69, 9.17) is 16.3 Å². The number of thiophene rings is 1. The van der Waals surface area contributed by atoms with E-state index in [9.17, 15) is 0 Å². The molecule has 19 heavy (non-hydrogen) atoms. The summed E-state index contributed by atoms with van der Waals surface area (Å²) in [6, 6.07) is 8.13. The number of halogens is 1. The zero-order valence-electron chi connectivity index (χ0n) is 11.4. The summed E-state index contributed by atoms with van der Waals surface area (Å²) in [6.07, 6.45) is 0. The van der Waals surface area contributed by atoms with Gasteiger partial charge in [0.1, 0.15) is 12.4 Å². The molecule has 0 unspecified atom stereocenters. The van der Waals surface area contributed by atoms with Gasteiger partial charge in [-0.15, -0.1) is 11.3 Å². The first-order valence-electron chi connectivity index (χ1n) is 6.22. The second kappa shape index (κ2) is 6.42. The van der Waals surface area contributed by atoms with Crippen molar-refractivity contribution in [1.82, 2.24) is 5.32 Å². The Morgan fingerprint density at radius 1 is 1.16 bits per heavy atom. The fourth-order valence-corrected chi connectivity index (χ4v) is 3.31. The van der Waals surface area contributed by atoms with Crippen LogP contribution in [-0.4, -0.2) is 7.05 Å². The van der Waals surface area contributed by atoms with Gasteiger partial charge in [-0.3, -0.25) is 0 Å². The van der Waals surface area contributed by atoms with Gasteiger partial charge in [0.25, 0.3) is 0 Å². The lowest BCUT2D eigenvalue weighted by Gasteiger charge is -2.11. The molecule has 0 aliphatic heterocycles. The highest BCUT2D eigenvalue weighted by Crippen LogP contribution is 2.28. The summed E-state index contributed by atoms with van der Waals surface area (Å²) in [5, 5.41) is 3.91. The first kappa shape index (κ1) is 14.4. The van der Waals surface area contributed by atoms with E-state index in [2.05, 4.69) is 17.4 Å². The molecule has 0 amide bonds. The summed E-state index contributed by atoms with van der Waals surface area (Å²) < 4.78 is 5.93. The molecule has 0 bridgehead atoms. The van der Waals surface area contributed by atoms with Crippen molar-refractivity contribution in [1.29, 1.82) is 0 Å². The van der Waals surface area contributed by atoms with E-state index >= 15 is 0 Å². The fourth-order valence-electron chi connectivity index (χ4n) is 2.04. The second-order valence-corrected chi connectivity index (χ2v) is 6.25. The number of aryl methyl sites for hydroxylation is 2. The first-order chi connectivity index (χ1) is 9.10. The van der Waals surface area contributed by atoms with Gasteiger partial charge in [-0.2, -0.15) is 0 Å². The molecule has 0 atom stereocenters. The monoisotopic (exact) mass is 295 g/mol. The molecule has 0 aliphatic carbocycles. The minimum absolute atomic E-state index is 0.609. The van der Waals surface area contributed by atoms with Gasteiger partial charge in [-0.1, -0.05) is 11.6 Å². The zero-order valence-corrected chi connectivity index (χ0v) is 13.0. The van der Waals surface area contributed by atoms with Crippen molar-refractivity contribution in [2.45, 2.75) is 27.0 Å². The Balaban J connectivity index is 2.05. The van der Waals surface area contributed by atoms with Crippen LogP contribution in [0.3, 0.4) is 0 Å². The maximum Gasteiger partial charge on any atom is 0.125 e. The highest BCUT2D eigenvalue weighted by molar-refractivity contribution is 7.11. The topological polar surface area (TPSA) is 21.3 Å². The molecule has 1 heterocycles. The number of hydrogen-bond acceptors (Lipinski definition) is 3. The molecular formula is C15H18ClNOS. The molecule has 0 radical (unpaired) electrons.